The van der Waals surface area contributed by atoms with Gasteiger partial charge in [0.1, 0.15) is 18.6 Å². The van der Waals surface area contributed by atoms with E-state index in [1.807, 2.05) is 49.5 Å². The molecule has 0 N–H and O–H groups in total. The van der Waals surface area contributed by atoms with E-state index >= 15 is 0 Å². The molecule has 0 unspecified atom stereocenters. The van der Waals surface area contributed by atoms with E-state index in [1.54, 1.807) is 16.9 Å². The van der Waals surface area contributed by atoms with Gasteiger partial charge in [-0.1, -0.05) is 12.1 Å². The third-order valence-electron chi connectivity index (χ3n) is 1.84. The second kappa shape index (κ2) is 6.02. The molecule has 70 valence electrons. The van der Waals surface area contributed by atoms with Crippen molar-refractivity contribution in [3.8, 4) is 0 Å². The molecule has 0 spiro atoms. The maximum absolute atomic E-state index is 5.44. The summed E-state index contributed by atoms with van der Waals surface area (Å²) in [6.07, 6.45) is 5.37. The number of aromatic nitrogens is 2. The number of nitrogens with zero attached hydrogens (tertiary/aromatic N) is 2. The topological polar surface area (TPSA) is 7.76 Å². The van der Waals surface area contributed by atoms with E-state index in [0.717, 1.165) is 5.69 Å². The zero-order valence-electron chi connectivity index (χ0n) is 8.75. The number of aryl methyl sites for hydroxylation is 1. The Hall–Kier alpha value is -1.57. The molecule has 0 atom stereocenters. The molecule has 2 aromatic rings. The zero-order chi connectivity index (χ0) is 11.1. The van der Waals surface area contributed by atoms with Crippen LogP contribution in [0.15, 0.2) is 55.0 Å². The molecule has 0 amide bonds. The average molecular weight is 194 g/mol. The van der Waals surface area contributed by atoms with Gasteiger partial charge in [0, 0.05) is 13.0 Å². The number of hydrogen-bond acceptors (Lipinski definition) is 0. The van der Waals surface area contributed by atoms with E-state index in [-0.39, 0.29) is 0 Å². The summed E-state index contributed by atoms with van der Waals surface area (Å²) in [6, 6.07) is 11.5. The lowest BCUT2D eigenvalue weighted by Crippen LogP contribution is -2.33. The Bertz CT molecular complexity index is 383. The minimum atomic E-state index is 1.06. The molecule has 0 aromatic carbocycles. The third-order valence-corrected chi connectivity index (χ3v) is 1.84. The van der Waals surface area contributed by atoms with Crippen LogP contribution in [0.4, 0.5) is 0 Å². The van der Waals surface area contributed by atoms with Crippen LogP contribution in [0.25, 0.3) is 0 Å². The molecule has 0 aliphatic heterocycles. The van der Waals surface area contributed by atoms with Crippen molar-refractivity contribution in [1.82, 2.24) is 0 Å². The van der Waals surface area contributed by atoms with Gasteiger partial charge in [-0.3, -0.25) is 8.96 Å². The van der Waals surface area contributed by atoms with Crippen molar-refractivity contribution in [1.29, 1.82) is 0 Å². The van der Waals surface area contributed by atoms with E-state index in [9.17, 15) is 0 Å². The quantitative estimate of drug-likeness (QED) is 0.526. The SMILES string of the molecule is [B][n+]1ccccc1.[B][n+]1ccccc1C. The highest BCUT2D eigenvalue weighted by Gasteiger charge is 1.93. The molecular formula is C11H12B2N2+2. The van der Waals surface area contributed by atoms with Crippen molar-refractivity contribution >= 4 is 16.0 Å². The van der Waals surface area contributed by atoms with Crippen LogP contribution < -0.4 is 8.96 Å². The third kappa shape index (κ3) is 4.45. The minimum Gasteiger partial charge on any atom is -0.293 e. The van der Waals surface area contributed by atoms with E-state index in [2.05, 4.69) is 0 Å². The van der Waals surface area contributed by atoms with Crippen LogP contribution in [-0.2, 0) is 0 Å². The second-order valence-electron chi connectivity index (χ2n) is 3.07. The monoisotopic (exact) mass is 194 g/mol. The largest absolute Gasteiger partial charge is 0.586 e. The summed E-state index contributed by atoms with van der Waals surface area (Å²) in [5.74, 6) is 0. The summed E-state index contributed by atoms with van der Waals surface area (Å²) in [5, 5.41) is 0. The maximum atomic E-state index is 5.44. The van der Waals surface area contributed by atoms with Crippen molar-refractivity contribution in [2.75, 3.05) is 0 Å². The summed E-state index contributed by atoms with van der Waals surface area (Å²) in [4.78, 5) is 0. The Morgan fingerprint density at radius 2 is 1.47 bits per heavy atom. The van der Waals surface area contributed by atoms with E-state index in [4.69, 9.17) is 16.0 Å². The first-order valence-electron chi connectivity index (χ1n) is 4.64. The van der Waals surface area contributed by atoms with Gasteiger partial charge in [-0.25, -0.2) is 0 Å². The minimum absolute atomic E-state index is 1.06. The molecule has 0 saturated heterocycles. The Morgan fingerprint density at radius 3 is 1.80 bits per heavy atom. The molecule has 4 radical (unpaired) electrons. The fourth-order valence-corrected chi connectivity index (χ4v) is 0.953. The normalized spacial score (nSPS) is 8.87. The van der Waals surface area contributed by atoms with Gasteiger partial charge in [0.05, 0.1) is 0 Å². The van der Waals surface area contributed by atoms with Gasteiger partial charge in [0.25, 0.3) is 0 Å². The van der Waals surface area contributed by atoms with Crippen LogP contribution in [0.1, 0.15) is 5.69 Å². The molecular weight excluding hydrogens is 182 g/mol. The lowest BCUT2D eigenvalue weighted by molar-refractivity contribution is -0.529. The van der Waals surface area contributed by atoms with Crippen LogP contribution in [-0.4, -0.2) is 16.0 Å². The fourth-order valence-electron chi connectivity index (χ4n) is 0.953. The molecule has 15 heavy (non-hydrogen) atoms. The summed E-state index contributed by atoms with van der Waals surface area (Å²) in [6.45, 7) is 1.96. The van der Waals surface area contributed by atoms with Crippen molar-refractivity contribution in [2.45, 2.75) is 6.92 Å². The zero-order valence-corrected chi connectivity index (χ0v) is 8.75. The first kappa shape index (κ1) is 11.5. The lowest BCUT2D eigenvalue weighted by atomic mass is 10.3. The van der Waals surface area contributed by atoms with Gasteiger partial charge in [0.15, 0.2) is 5.69 Å². The molecule has 0 bridgehead atoms. The van der Waals surface area contributed by atoms with Gasteiger partial charge in [-0.05, 0) is 18.2 Å². The molecule has 2 heterocycles. The van der Waals surface area contributed by atoms with Crippen LogP contribution in [0.5, 0.6) is 0 Å². The number of rotatable bonds is 0. The summed E-state index contributed by atoms with van der Waals surface area (Å²) in [7, 11) is 10.7. The smallest absolute Gasteiger partial charge is 0.293 e. The standard InChI is InChI=1S/C6H7BN.C5H5BN/c1-6-4-2-3-5-8(6)7;6-7-4-2-1-3-5-7/h2-5H,1H3;1-5H/q2*+1. The lowest BCUT2D eigenvalue weighted by Gasteiger charge is -1.87. The molecule has 2 rings (SSSR count). The van der Waals surface area contributed by atoms with Crippen LogP contribution >= 0.6 is 0 Å². The predicted molar refractivity (Wildman–Crippen MR) is 60.3 cm³/mol. The van der Waals surface area contributed by atoms with Gasteiger partial charge < -0.3 is 0 Å². The fraction of sp³-hybridized carbons (Fsp3) is 0.0909. The molecule has 0 aliphatic rings. The maximum Gasteiger partial charge on any atom is 0.586 e. The first-order valence-corrected chi connectivity index (χ1v) is 4.64. The molecule has 2 aromatic heterocycles. The second-order valence-corrected chi connectivity index (χ2v) is 3.07. The van der Waals surface area contributed by atoms with E-state index in [0.29, 0.717) is 0 Å². The molecule has 0 fully saturated rings. The van der Waals surface area contributed by atoms with Crippen molar-refractivity contribution < 1.29 is 8.96 Å². The van der Waals surface area contributed by atoms with Gasteiger partial charge in [-0.15, -0.1) is 0 Å². The van der Waals surface area contributed by atoms with E-state index in [1.165, 1.54) is 4.48 Å². The average Bonchev–Trinajstić information content (AvgIpc) is 2.25. The van der Waals surface area contributed by atoms with Crippen molar-refractivity contribution in [3.63, 3.8) is 0 Å². The van der Waals surface area contributed by atoms with Gasteiger partial charge >= 0.3 is 16.0 Å². The molecule has 2 nitrogen and oxygen atoms in total. The summed E-state index contributed by atoms with van der Waals surface area (Å²) < 4.78 is 3.08. The van der Waals surface area contributed by atoms with Gasteiger partial charge in [0.2, 0.25) is 0 Å². The van der Waals surface area contributed by atoms with Crippen LogP contribution in [0.3, 0.4) is 0 Å². The van der Waals surface area contributed by atoms with Crippen LogP contribution in [0.2, 0.25) is 0 Å². The predicted octanol–water partition coefficient (Wildman–Crippen LogP) is 0.120. The Morgan fingerprint density at radius 1 is 0.867 bits per heavy atom. The highest BCUT2D eigenvalue weighted by Crippen LogP contribution is 1.83. The highest BCUT2D eigenvalue weighted by atomic mass is 14.8. The van der Waals surface area contributed by atoms with Crippen molar-refractivity contribution in [2.24, 2.45) is 0 Å². The number of hydrogen-bond donors (Lipinski definition) is 0. The first-order chi connectivity index (χ1) is 7.20. The molecule has 4 heteroatoms. The Labute approximate surface area is 93.1 Å². The van der Waals surface area contributed by atoms with E-state index < -0.39 is 0 Å². The van der Waals surface area contributed by atoms with Gasteiger partial charge in [-0.2, -0.15) is 0 Å². The van der Waals surface area contributed by atoms with Crippen LogP contribution in [0, 0.1) is 6.92 Å². The number of pyridine rings is 2. The Balaban J connectivity index is 0.000000151. The summed E-state index contributed by atoms with van der Waals surface area (Å²) in [5.41, 5.74) is 1.06. The molecule has 0 aliphatic carbocycles. The molecule has 0 saturated carbocycles. The summed E-state index contributed by atoms with van der Waals surface area (Å²) >= 11 is 0. The highest BCUT2D eigenvalue weighted by molar-refractivity contribution is 5.94. The van der Waals surface area contributed by atoms with Crippen molar-refractivity contribution in [3.05, 3.63) is 60.7 Å². The Kier molecular flexibility index (Phi) is 4.61.